The van der Waals surface area contributed by atoms with Gasteiger partial charge in [0.05, 0.1) is 6.67 Å². The standard InChI is InChI=1S/C9H17FO/c10-8-6-4-2-1-3-5-7-9-11/h9H,1-8H2. The summed E-state index contributed by atoms with van der Waals surface area (Å²) in [5.41, 5.74) is 0. The Kier molecular flexibility index (Phi) is 9.25. The molecule has 0 unspecified atom stereocenters. The number of hydrogen-bond acceptors (Lipinski definition) is 1. The molecule has 11 heavy (non-hydrogen) atoms. The Morgan fingerprint density at radius 1 is 0.909 bits per heavy atom. The topological polar surface area (TPSA) is 17.1 Å². The molecule has 0 aromatic rings. The first-order valence-electron chi connectivity index (χ1n) is 4.41. The quantitative estimate of drug-likeness (QED) is 0.394. The molecule has 0 fully saturated rings. The zero-order valence-corrected chi connectivity index (χ0v) is 7.02. The predicted molar refractivity (Wildman–Crippen MR) is 44.4 cm³/mol. The maximum absolute atomic E-state index is 11.6. The van der Waals surface area contributed by atoms with Crippen molar-refractivity contribution in [3.63, 3.8) is 0 Å². The monoisotopic (exact) mass is 160 g/mol. The van der Waals surface area contributed by atoms with Gasteiger partial charge in [0.2, 0.25) is 0 Å². The fraction of sp³-hybridized carbons (Fsp3) is 0.889. The van der Waals surface area contributed by atoms with Gasteiger partial charge in [-0.3, -0.25) is 4.39 Å². The number of aldehydes is 1. The first kappa shape index (κ1) is 10.6. The molecular formula is C9H17FO. The molecule has 1 nitrogen and oxygen atoms in total. The third kappa shape index (κ3) is 9.60. The van der Waals surface area contributed by atoms with Gasteiger partial charge < -0.3 is 4.79 Å². The van der Waals surface area contributed by atoms with E-state index < -0.39 is 0 Å². The molecule has 66 valence electrons. The molecule has 0 rings (SSSR count). The van der Waals surface area contributed by atoms with Crippen LogP contribution in [-0.4, -0.2) is 13.0 Å². The molecule has 0 spiro atoms. The molecule has 0 aliphatic rings. The molecular weight excluding hydrogens is 143 g/mol. The molecule has 0 aliphatic heterocycles. The molecule has 0 saturated heterocycles. The Balaban J connectivity index is 2.74. The van der Waals surface area contributed by atoms with Gasteiger partial charge in [0.15, 0.2) is 0 Å². The highest BCUT2D eigenvalue weighted by atomic mass is 19.1. The Labute approximate surface area is 68.0 Å². The Morgan fingerprint density at radius 3 is 2.00 bits per heavy atom. The molecule has 0 amide bonds. The predicted octanol–water partition coefficient (Wildman–Crippen LogP) is 2.89. The number of unbranched alkanes of at least 4 members (excludes halogenated alkanes) is 6. The highest BCUT2D eigenvalue weighted by Gasteiger charge is 1.89. The average molecular weight is 160 g/mol. The summed E-state index contributed by atoms with van der Waals surface area (Å²) in [4.78, 5) is 9.89. The van der Waals surface area contributed by atoms with Crippen LogP contribution >= 0.6 is 0 Å². The van der Waals surface area contributed by atoms with Crippen molar-refractivity contribution >= 4 is 6.29 Å². The molecule has 0 bridgehead atoms. The van der Waals surface area contributed by atoms with E-state index in [4.69, 9.17) is 0 Å². The fourth-order valence-corrected chi connectivity index (χ4v) is 1.03. The van der Waals surface area contributed by atoms with Gasteiger partial charge in [-0.05, 0) is 12.8 Å². The highest BCUT2D eigenvalue weighted by Crippen LogP contribution is 2.06. The summed E-state index contributed by atoms with van der Waals surface area (Å²) in [7, 11) is 0. The molecule has 0 heterocycles. The Hall–Kier alpha value is -0.400. The number of alkyl halides is 1. The van der Waals surface area contributed by atoms with Gasteiger partial charge in [-0.2, -0.15) is 0 Å². The van der Waals surface area contributed by atoms with Gasteiger partial charge in [0.25, 0.3) is 0 Å². The SMILES string of the molecule is O=CCCCCCCCCF. The summed E-state index contributed by atoms with van der Waals surface area (Å²) >= 11 is 0. The van der Waals surface area contributed by atoms with E-state index in [9.17, 15) is 9.18 Å². The van der Waals surface area contributed by atoms with E-state index in [1.807, 2.05) is 0 Å². The van der Waals surface area contributed by atoms with Gasteiger partial charge in [-0.15, -0.1) is 0 Å². The van der Waals surface area contributed by atoms with Crippen LogP contribution < -0.4 is 0 Å². The molecule has 0 atom stereocenters. The molecule has 0 aliphatic carbocycles. The van der Waals surface area contributed by atoms with Crippen molar-refractivity contribution in [1.29, 1.82) is 0 Å². The van der Waals surface area contributed by atoms with E-state index in [0.717, 1.165) is 38.4 Å². The minimum atomic E-state index is -0.186. The normalized spacial score (nSPS) is 9.91. The first-order valence-corrected chi connectivity index (χ1v) is 4.41. The summed E-state index contributed by atoms with van der Waals surface area (Å²) in [6, 6.07) is 0. The van der Waals surface area contributed by atoms with E-state index in [-0.39, 0.29) is 6.67 Å². The number of rotatable bonds is 8. The van der Waals surface area contributed by atoms with E-state index >= 15 is 0 Å². The van der Waals surface area contributed by atoms with Gasteiger partial charge in [0, 0.05) is 6.42 Å². The lowest BCUT2D eigenvalue weighted by atomic mass is 10.1. The van der Waals surface area contributed by atoms with Crippen LogP contribution in [0.5, 0.6) is 0 Å². The molecule has 2 heteroatoms. The second kappa shape index (κ2) is 9.60. The van der Waals surface area contributed by atoms with Crippen molar-refractivity contribution in [2.45, 2.75) is 44.9 Å². The van der Waals surface area contributed by atoms with Crippen molar-refractivity contribution in [1.82, 2.24) is 0 Å². The van der Waals surface area contributed by atoms with Crippen LogP contribution in [0.4, 0.5) is 4.39 Å². The first-order chi connectivity index (χ1) is 5.41. The van der Waals surface area contributed by atoms with Crippen molar-refractivity contribution in [3.8, 4) is 0 Å². The van der Waals surface area contributed by atoms with Crippen LogP contribution in [0.1, 0.15) is 44.9 Å². The lowest BCUT2D eigenvalue weighted by molar-refractivity contribution is -0.107. The third-order valence-corrected chi connectivity index (χ3v) is 1.71. The maximum Gasteiger partial charge on any atom is 0.119 e. The smallest absolute Gasteiger partial charge is 0.119 e. The van der Waals surface area contributed by atoms with Crippen LogP contribution in [0.3, 0.4) is 0 Å². The van der Waals surface area contributed by atoms with Crippen LogP contribution in [0, 0.1) is 0 Å². The van der Waals surface area contributed by atoms with Gasteiger partial charge in [-0.1, -0.05) is 25.7 Å². The van der Waals surface area contributed by atoms with Gasteiger partial charge in [0.1, 0.15) is 6.29 Å². The van der Waals surface area contributed by atoms with Crippen molar-refractivity contribution in [3.05, 3.63) is 0 Å². The lowest BCUT2D eigenvalue weighted by Crippen LogP contribution is -1.81. The van der Waals surface area contributed by atoms with Crippen molar-refractivity contribution in [2.24, 2.45) is 0 Å². The summed E-state index contributed by atoms with van der Waals surface area (Å²) < 4.78 is 11.6. The zero-order valence-electron chi connectivity index (χ0n) is 7.02. The summed E-state index contributed by atoms with van der Waals surface area (Å²) in [5.74, 6) is 0. The van der Waals surface area contributed by atoms with E-state index in [1.165, 1.54) is 0 Å². The molecule has 0 saturated carbocycles. The zero-order chi connectivity index (χ0) is 8.36. The van der Waals surface area contributed by atoms with E-state index in [1.54, 1.807) is 0 Å². The van der Waals surface area contributed by atoms with Crippen molar-refractivity contribution < 1.29 is 9.18 Å². The fourth-order valence-electron chi connectivity index (χ4n) is 1.03. The number of halogens is 1. The summed E-state index contributed by atoms with van der Waals surface area (Å²) in [6.07, 6.45) is 7.72. The van der Waals surface area contributed by atoms with Crippen molar-refractivity contribution in [2.75, 3.05) is 6.67 Å². The number of hydrogen-bond donors (Lipinski definition) is 0. The second-order valence-electron chi connectivity index (χ2n) is 2.77. The third-order valence-electron chi connectivity index (χ3n) is 1.71. The average Bonchev–Trinajstić information content (AvgIpc) is 2.03. The van der Waals surface area contributed by atoms with Gasteiger partial charge in [-0.25, -0.2) is 0 Å². The maximum atomic E-state index is 11.6. The molecule has 0 aromatic carbocycles. The second-order valence-corrected chi connectivity index (χ2v) is 2.77. The Bertz CT molecular complexity index is 83.6. The summed E-state index contributed by atoms with van der Waals surface area (Å²) in [5, 5.41) is 0. The number of carbonyl (C=O) groups is 1. The van der Waals surface area contributed by atoms with Crippen LogP contribution in [-0.2, 0) is 4.79 Å². The Morgan fingerprint density at radius 2 is 1.45 bits per heavy atom. The van der Waals surface area contributed by atoms with Crippen LogP contribution in [0.2, 0.25) is 0 Å². The number of carbonyl (C=O) groups excluding carboxylic acids is 1. The van der Waals surface area contributed by atoms with Crippen LogP contribution in [0.25, 0.3) is 0 Å². The molecule has 0 radical (unpaired) electrons. The van der Waals surface area contributed by atoms with Crippen LogP contribution in [0.15, 0.2) is 0 Å². The highest BCUT2D eigenvalue weighted by molar-refractivity contribution is 5.48. The molecule has 0 N–H and O–H groups in total. The van der Waals surface area contributed by atoms with E-state index in [0.29, 0.717) is 12.8 Å². The van der Waals surface area contributed by atoms with E-state index in [2.05, 4.69) is 0 Å². The minimum Gasteiger partial charge on any atom is -0.303 e. The largest absolute Gasteiger partial charge is 0.303 e. The molecule has 0 aromatic heterocycles. The minimum absolute atomic E-state index is 0.186. The summed E-state index contributed by atoms with van der Waals surface area (Å²) in [6.45, 7) is -0.186. The van der Waals surface area contributed by atoms with Gasteiger partial charge >= 0.3 is 0 Å². The lowest BCUT2D eigenvalue weighted by Gasteiger charge is -1.96.